The zero-order chi connectivity index (χ0) is 12.9. The molecule has 0 heterocycles. The first kappa shape index (κ1) is 13.8. The van der Waals surface area contributed by atoms with E-state index in [0.29, 0.717) is 0 Å². The summed E-state index contributed by atoms with van der Waals surface area (Å²) in [4.78, 5) is 41.4. The molecule has 0 saturated carbocycles. The minimum absolute atomic E-state index is 1.25. The highest BCUT2D eigenvalue weighted by atomic mass is 16.7. The summed E-state index contributed by atoms with van der Waals surface area (Å²) in [6, 6.07) is 0. The van der Waals surface area contributed by atoms with Crippen LogP contribution in [0.15, 0.2) is 0 Å². The molecule has 0 bridgehead atoms. The number of carboxylic acids is 2. The first-order valence-electron chi connectivity index (χ1n) is 3.78. The fourth-order valence-corrected chi connectivity index (χ4v) is 0.836. The van der Waals surface area contributed by atoms with Crippen LogP contribution in [0.1, 0.15) is 12.8 Å². The van der Waals surface area contributed by atoms with E-state index in [1.807, 2.05) is 0 Å². The van der Waals surface area contributed by atoms with Gasteiger partial charge in [-0.1, -0.05) is 0 Å². The highest BCUT2D eigenvalue weighted by Gasteiger charge is 2.41. The molecule has 0 aromatic heterocycles. The molecule has 0 aliphatic heterocycles. The molecule has 0 amide bonds. The minimum Gasteiger partial charge on any atom is -0.481 e. The van der Waals surface area contributed by atoms with Gasteiger partial charge in [0, 0.05) is 0 Å². The average molecular weight is 236 g/mol. The van der Waals surface area contributed by atoms with E-state index >= 15 is 0 Å². The Morgan fingerprint density at radius 2 is 1.50 bits per heavy atom. The number of aliphatic carboxylic acids is 2. The van der Waals surface area contributed by atoms with Crippen LogP contribution in [0, 0.1) is 0 Å². The van der Waals surface area contributed by atoms with Crippen molar-refractivity contribution in [2.45, 2.75) is 18.4 Å². The van der Waals surface area contributed by atoms with Crippen molar-refractivity contribution in [3.63, 3.8) is 0 Å². The Morgan fingerprint density at radius 3 is 1.81 bits per heavy atom. The summed E-state index contributed by atoms with van der Waals surface area (Å²) in [5.74, 6) is -5.18. The number of aliphatic hydroxyl groups is 1. The minimum atomic E-state index is -2.89. The molecule has 0 rings (SSSR count). The number of hydrogen-bond acceptors (Lipinski definition) is 6. The molecule has 16 heavy (non-hydrogen) atoms. The van der Waals surface area contributed by atoms with E-state index in [0.717, 1.165) is 0 Å². The van der Waals surface area contributed by atoms with Crippen LogP contribution in [0.25, 0.3) is 0 Å². The second-order valence-corrected chi connectivity index (χ2v) is 2.82. The van der Waals surface area contributed by atoms with E-state index in [9.17, 15) is 24.3 Å². The first-order valence-corrected chi connectivity index (χ1v) is 3.78. The second-order valence-electron chi connectivity index (χ2n) is 2.82. The average Bonchev–Trinajstić information content (AvgIpc) is 1.98. The van der Waals surface area contributed by atoms with Crippen molar-refractivity contribution in [3.8, 4) is 0 Å². The number of esters is 1. The maximum atomic E-state index is 10.7. The van der Waals surface area contributed by atoms with Crippen LogP contribution in [-0.2, 0) is 19.1 Å². The van der Waals surface area contributed by atoms with E-state index in [2.05, 4.69) is 4.74 Å². The van der Waals surface area contributed by atoms with Crippen molar-refractivity contribution in [1.82, 2.24) is 0 Å². The monoisotopic (exact) mass is 236 g/mol. The number of carbonyl (C=O) groups is 4. The summed E-state index contributed by atoms with van der Waals surface area (Å²) < 4.78 is 3.54. The van der Waals surface area contributed by atoms with E-state index in [1.54, 1.807) is 0 Å². The summed E-state index contributed by atoms with van der Waals surface area (Å²) in [5, 5.41) is 34.1. The Hall–Kier alpha value is -2.16. The van der Waals surface area contributed by atoms with Gasteiger partial charge in [0.05, 0.1) is 12.8 Å². The van der Waals surface area contributed by atoms with Gasteiger partial charge in [0.15, 0.2) is 5.60 Å². The number of rotatable bonds is 5. The van der Waals surface area contributed by atoms with Crippen LogP contribution in [0.2, 0.25) is 0 Å². The molecule has 0 spiro atoms. The Labute approximate surface area is 87.9 Å². The third-order valence-electron chi connectivity index (χ3n) is 1.48. The lowest BCUT2D eigenvalue weighted by Gasteiger charge is -2.19. The summed E-state index contributed by atoms with van der Waals surface area (Å²) in [6.07, 6.45) is -4.51. The third-order valence-corrected chi connectivity index (χ3v) is 1.48. The molecule has 1 unspecified atom stereocenters. The van der Waals surface area contributed by atoms with Gasteiger partial charge in [-0.25, -0.2) is 9.59 Å². The molecule has 0 aliphatic carbocycles. The lowest BCUT2D eigenvalue weighted by Crippen LogP contribution is -2.43. The van der Waals surface area contributed by atoms with Gasteiger partial charge in [-0.2, -0.15) is 0 Å². The van der Waals surface area contributed by atoms with Crippen molar-refractivity contribution in [2.24, 2.45) is 0 Å². The molecule has 0 aromatic rings. The molecule has 9 heteroatoms. The zero-order valence-electron chi connectivity index (χ0n) is 7.74. The largest absolute Gasteiger partial charge is 0.513 e. The predicted octanol–water partition coefficient (Wildman–Crippen LogP) is -1.11. The summed E-state index contributed by atoms with van der Waals surface area (Å²) >= 11 is 0. The summed E-state index contributed by atoms with van der Waals surface area (Å²) in [7, 11) is 0. The fraction of sp³-hybridized carbons (Fsp3) is 0.429. The zero-order valence-corrected chi connectivity index (χ0v) is 7.74. The van der Waals surface area contributed by atoms with Gasteiger partial charge in [-0.3, -0.25) is 9.59 Å². The predicted molar refractivity (Wildman–Crippen MR) is 43.6 cm³/mol. The Morgan fingerprint density at radius 1 is 1.00 bits per heavy atom. The van der Waals surface area contributed by atoms with E-state index in [1.165, 1.54) is 0 Å². The van der Waals surface area contributed by atoms with Gasteiger partial charge in [0.2, 0.25) is 0 Å². The van der Waals surface area contributed by atoms with Crippen molar-refractivity contribution in [1.29, 1.82) is 0 Å². The SMILES string of the molecule is O=C(O)CC(O)(CC(=O)OC(=O)O)C(=O)O. The molecule has 0 aromatic carbocycles. The quantitative estimate of drug-likeness (QED) is 0.342. The van der Waals surface area contributed by atoms with Crippen LogP contribution >= 0.6 is 0 Å². The Balaban J connectivity index is 4.68. The number of ether oxygens (including phenoxy) is 1. The smallest absolute Gasteiger partial charge is 0.481 e. The summed E-state index contributed by atoms with van der Waals surface area (Å²) in [6.45, 7) is 0. The fourth-order valence-electron chi connectivity index (χ4n) is 0.836. The molecule has 0 saturated heterocycles. The van der Waals surface area contributed by atoms with Crippen molar-refractivity contribution >= 4 is 24.1 Å². The van der Waals surface area contributed by atoms with Crippen molar-refractivity contribution in [3.05, 3.63) is 0 Å². The molecule has 4 N–H and O–H groups in total. The van der Waals surface area contributed by atoms with E-state index in [-0.39, 0.29) is 0 Å². The maximum Gasteiger partial charge on any atom is 0.513 e. The Bertz CT molecular complexity index is 333. The van der Waals surface area contributed by atoms with Crippen LogP contribution in [0.3, 0.4) is 0 Å². The van der Waals surface area contributed by atoms with Gasteiger partial charge in [-0.05, 0) is 0 Å². The highest BCUT2D eigenvalue weighted by molar-refractivity contribution is 5.90. The molecule has 0 aliphatic rings. The lowest BCUT2D eigenvalue weighted by molar-refractivity contribution is -0.170. The standard InChI is InChI=1S/C7H8O9/c8-3(9)1-7(15,5(11)12)2-4(10)16-6(13)14/h15H,1-2H2,(H,8,9)(H,11,12)(H,13,14). The van der Waals surface area contributed by atoms with Crippen molar-refractivity contribution in [2.75, 3.05) is 0 Å². The topological polar surface area (TPSA) is 158 Å². The van der Waals surface area contributed by atoms with Gasteiger partial charge >= 0.3 is 24.1 Å². The molecule has 0 radical (unpaired) electrons. The molecular formula is C7H8O9. The molecule has 1 atom stereocenters. The normalized spacial score (nSPS) is 13.6. The van der Waals surface area contributed by atoms with Gasteiger partial charge < -0.3 is 25.2 Å². The number of carbonyl (C=O) groups excluding carboxylic acids is 1. The molecule has 90 valence electrons. The lowest BCUT2D eigenvalue weighted by atomic mass is 9.96. The molecular weight excluding hydrogens is 228 g/mol. The maximum absolute atomic E-state index is 10.7. The van der Waals surface area contributed by atoms with E-state index in [4.69, 9.17) is 15.3 Å². The van der Waals surface area contributed by atoms with Gasteiger partial charge in [0.25, 0.3) is 0 Å². The van der Waals surface area contributed by atoms with Crippen LogP contribution in [0.4, 0.5) is 4.79 Å². The second kappa shape index (κ2) is 5.07. The number of hydrogen-bond donors (Lipinski definition) is 4. The van der Waals surface area contributed by atoms with Gasteiger partial charge in [-0.15, -0.1) is 0 Å². The highest BCUT2D eigenvalue weighted by Crippen LogP contribution is 2.16. The van der Waals surface area contributed by atoms with Crippen LogP contribution < -0.4 is 0 Å². The molecule has 0 fully saturated rings. The van der Waals surface area contributed by atoms with E-state index < -0.39 is 42.5 Å². The van der Waals surface area contributed by atoms with Gasteiger partial charge in [0.1, 0.15) is 0 Å². The van der Waals surface area contributed by atoms with Crippen molar-refractivity contribution < 1.29 is 44.3 Å². The third kappa shape index (κ3) is 4.37. The van der Waals surface area contributed by atoms with Crippen LogP contribution in [-0.4, -0.2) is 50.1 Å². The molecule has 9 nitrogen and oxygen atoms in total. The Kier molecular flexibility index (Phi) is 4.39. The number of carboxylic acid groups (broad SMARTS) is 3. The summed E-state index contributed by atoms with van der Waals surface area (Å²) in [5.41, 5.74) is -2.89. The first-order chi connectivity index (χ1) is 7.17. The van der Waals surface area contributed by atoms with Crippen LogP contribution in [0.5, 0.6) is 0 Å².